The van der Waals surface area contributed by atoms with Gasteiger partial charge in [-0.25, -0.2) is 9.48 Å². The smallest absolute Gasteiger partial charge is 0.342 e. The Hall–Kier alpha value is -2.63. The number of nitrogens with zero attached hydrogens (tertiary/aromatic N) is 2. The zero-order valence-electron chi connectivity index (χ0n) is 12.5. The predicted molar refractivity (Wildman–Crippen MR) is 80.1 cm³/mol. The van der Waals surface area contributed by atoms with E-state index in [1.807, 2.05) is 30.3 Å². The molecule has 22 heavy (non-hydrogen) atoms. The molecule has 1 N–H and O–H groups in total. The monoisotopic (exact) mass is 299 g/mol. The van der Waals surface area contributed by atoms with Crippen LogP contribution in [0.5, 0.6) is 0 Å². The Labute approximate surface area is 128 Å². The molecule has 1 aromatic carbocycles. The van der Waals surface area contributed by atoms with Crippen molar-refractivity contribution in [2.24, 2.45) is 0 Å². The van der Waals surface area contributed by atoms with E-state index < -0.39 is 5.97 Å². The SMILES string of the molecule is COC(=O)c1c(C(=O)NC2CC2)nn(-c2ccccc2)c1C. The van der Waals surface area contributed by atoms with Gasteiger partial charge < -0.3 is 10.1 Å². The summed E-state index contributed by atoms with van der Waals surface area (Å²) in [5.74, 6) is -0.888. The normalized spacial score (nSPS) is 13.7. The molecule has 1 heterocycles. The van der Waals surface area contributed by atoms with E-state index in [9.17, 15) is 9.59 Å². The number of nitrogens with one attached hydrogen (secondary N) is 1. The number of para-hydroxylation sites is 1. The Morgan fingerprint density at radius 2 is 1.95 bits per heavy atom. The molecule has 1 saturated carbocycles. The molecular formula is C16H17N3O3. The van der Waals surface area contributed by atoms with Crippen LogP contribution in [0.2, 0.25) is 0 Å². The lowest BCUT2D eigenvalue weighted by Crippen LogP contribution is -2.27. The maximum Gasteiger partial charge on any atom is 0.342 e. The molecule has 0 bridgehead atoms. The van der Waals surface area contributed by atoms with Gasteiger partial charge in [-0.3, -0.25) is 4.79 Å². The van der Waals surface area contributed by atoms with Gasteiger partial charge in [-0.15, -0.1) is 0 Å². The second-order valence-corrected chi connectivity index (χ2v) is 5.30. The van der Waals surface area contributed by atoms with Crippen molar-refractivity contribution in [3.63, 3.8) is 0 Å². The standard InChI is InChI=1S/C16H17N3O3/c1-10-13(16(21)22-2)14(15(20)17-11-8-9-11)18-19(10)12-6-4-3-5-7-12/h3-7,11H,8-9H2,1-2H3,(H,17,20). The average molecular weight is 299 g/mol. The maximum absolute atomic E-state index is 12.3. The lowest BCUT2D eigenvalue weighted by molar-refractivity contribution is 0.0595. The lowest BCUT2D eigenvalue weighted by Gasteiger charge is -2.04. The van der Waals surface area contributed by atoms with Crippen molar-refractivity contribution in [1.29, 1.82) is 0 Å². The van der Waals surface area contributed by atoms with E-state index >= 15 is 0 Å². The highest BCUT2D eigenvalue weighted by Gasteiger charge is 2.30. The molecule has 0 saturated heterocycles. The van der Waals surface area contributed by atoms with Crippen molar-refractivity contribution < 1.29 is 14.3 Å². The third-order valence-electron chi connectivity index (χ3n) is 3.63. The number of ether oxygens (including phenoxy) is 1. The van der Waals surface area contributed by atoms with Crippen molar-refractivity contribution in [2.75, 3.05) is 7.11 Å². The molecule has 0 unspecified atom stereocenters. The van der Waals surface area contributed by atoms with Crippen molar-refractivity contribution in [2.45, 2.75) is 25.8 Å². The molecule has 3 rings (SSSR count). The summed E-state index contributed by atoms with van der Waals surface area (Å²) in [5, 5.41) is 7.19. The topological polar surface area (TPSA) is 73.2 Å². The quantitative estimate of drug-likeness (QED) is 0.875. The van der Waals surface area contributed by atoms with Gasteiger partial charge in [-0.1, -0.05) is 18.2 Å². The summed E-state index contributed by atoms with van der Waals surface area (Å²) in [6.07, 6.45) is 1.94. The summed E-state index contributed by atoms with van der Waals surface area (Å²) in [7, 11) is 1.30. The Balaban J connectivity index is 2.07. The van der Waals surface area contributed by atoms with E-state index in [2.05, 4.69) is 10.4 Å². The Bertz CT molecular complexity index is 718. The zero-order chi connectivity index (χ0) is 15.7. The number of rotatable bonds is 4. The van der Waals surface area contributed by atoms with Crippen molar-refractivity contribution in [1.82, 2.24) is 15.1 Å². The second-order valence-electron chi connectivity index (χ2n) is 5.30. The second kappa shape index (κ2) is 5.63. The molecule has 1 aliphatic carbocycles. The largest absolute Gasteiger partial charge is 0.465 e. The molecule has 6 heteroatoms. The van der Waals surface area contributed by atoms with Crippen LogP contribution in [0.15, 0.2) is 30.3 Å². The first-order valence-electron chi connectivity index (χ1n) is 7.16. The number of aromatic nitrogens is 2. The maximum atomic E-state index is 12.3. The third-order valence-corrected chi connectivity index (χ3v) is 3.63. The van der Waals surface area contributed by atoms with Gasteiger partial charge in [0.2, 0.25) is 0 Å². The molecule has 1 amide bonds. The molecule has 114 valence electrons. The lowest BCUT2D eigenvalue weighted by atomic mass is 10.1. The number of hydrogen-bond donors (Lipinski definition) is 1. The van der Waals surface area contributed by atoms with Crippen LogP contribution >= 0.6 is 0 Å². The molecule has 6 nitrogen and oxygen atoms in total. The number of carbonyl (C=O) groups excluding carboxylic acids is 2. The number of hydrogen-bond acceptors (Lipinski definition) is 4. The fraction of sp³-hybridized carbons (Fsp3) is 0.312. The first kappa shape index (κ1) is 14.3. The van der Waals surface area contributed by atoms with E-state index in [0.29, 0.717) is 5.69 Å². The van der Waals surface area contributed by atoms with Crippen molar-refractivity contribution in [3.8, 4) is 5.69 Å². The first-order chi connectivity index (χ1) is 10.6. The van der Waals surface area contributed by atoms with Crippen LogP contribution in [-0.4, -0.2) is 34.8 Å². The van der Waals surface area contributed by atoms with Gasteiger partial charge >= 0.3 is 5.97 Å². The van der Waals surface area contributed by atoms with Gasteiger partial charge in [0.15, 0.2) is 5.69 Å². The Kier molecular flexibility index (Phi) is 3.66. The van der Waals surface area contributed by atoms with Crippen molar-refractivity contribution in [3.05, 3.63) is 47.3 Å². The molecule has 1 fully saturated rings. The van der Waals surface area contributed by atoms with Gasteiger partial charge in [0, 0.05) is 6.04 Å². The summed E-state index contributed by atoms with van der Waals surface area (Å²) in [6, 6.07) is 9.56. The number of methoxy groups -OCH3 is 1. The van der Waals surface area contributed by atoms with Crippen LogP contribution in [0.25, 0.3) is 5.69 Å². The van der Waals surface area contributed by atoms with E-state index in [4.69, 9.17) is 4.74 Å². The van der Waals surface area contributed by atoms with E-state index in [0.717, 1.165) is 18.5 Å². The number of amides is 1. The Morgan fingerprint density at radius 1 is 1.27 bits per heavy atom. The molecule has 2 aromatic rings. The summed E-state index contributed by atoms with van der Waals surface area (Å²) in [6.45, 7) is 1.75. The number of esters is 1. The van der Waals surface area contributed by atoms with Crippen LogP contribution in [0, 0.1) is 6.92 Å². The molecular weight excluding hydrogens is 282 g/mol. The number of benzene rings is 1. The zero-order valence-corrected chi connectivity index (χ0v) is 12.5. The van der Waals surface area contributed by atoms with Crippen LogP contribution in [-0.2, 0) is 4.74 Å². The minimum Gasteiger partial charge on any atom is -0.465 e. The molecule has 1 aromatic heterocycles. The molecule has 0 aliphatic heterocycles. The molecule has 0 radical (unpaired) electrons. The average Bonchev–Trinajstić information content (AvgIpc) is 3.28. The van der Waals surface area contributed by atoms with E-state index in [1.165, 1.54) is 7.11 Å². The minimum absolute atomic E-state index is 0.111. The van der Waals surface area contributed by atoms with E-state index in [1.54, 1.807) is 11.6 Å². The molecule has 0 spiro atoms. The summed E-state index contributed by atoms with van der Waals surface area (Å²) in [5.41, 5.74) is 1.69. The molecule has 0 atom stereocenters. The van der Waals surface area contributed by atoms with Crippen LogP contribution < -0.4 is 5.32 Å². The first-order valence-corrected chi connectivity index (χ1v) is 7.16. The van der Waals surface area contributed by atoms with Gasteiger partial charge in [0.1, 0.15) is 5.56 Å². The summed E-state index contributed by atoms with van der Waals surface area (Å²) < 4.78 is 6.40. The fourth-order valence-electron chi connectivity index (χ4n) is 2.31. The highest BCUT2D eigenvalue weighted by Crippen LogP contribution is 2.22. The fourth-order valence-corrected chi connectivity index (χ4v) is 2.31. The van der Waals surface area contributed by atoms with Crippen LogP contribution in [0.1, 0.15) is 39.4 Å². The molecule has 1 aliphatic rings. The third kappa shape index (κ3) is 2.59. The summed E-state index contributed by atoms with van der Waals surface area (Å²) in [4.78, 5) is 24.4. The minimum atomic E-state index is -0.555. The van der Waals surface area contributed by atoms with Crippen LogP contribution in [0.3, 0.4) is 0 Å². The number of carbonyl (C=O) groups is 2. The van der Waals surface area contributed by atoms with Crippen LogP contribution in [0.4, 0.5) is 0 Å². The van der Waals surface area contributed by atoms with Crippen molar-refractivity contribution >= 4 is 11.9 Å². The van der Waals surface area contributed by atoms with Gasteiger partial charge in [-0.2, -0.15) is 5.10 Å². The highest BCUT2D eigenvalue weighted by molar-refractivity contribution is 6.05. The van der Waals surface area contributed by atoms with Gasteiger partial charge in [-0.05, 0) is 31.9 Å². The highest BCUT2D eigenvalue weighted by atomic mass is 16.5. The Morgan fingerprint density at radius 3 is 2.55 bits per heavy atom. The predicted octanol–water partition coefficient (Wildman–Crippen LogP) is 1.86. The van der Waals surface area contributed by atoms with Gasteiger partial charge in [0.05, 0.1) is 18.5 Å². The van der Waals surface area contributed by atoms with Gasteiger partial charge in [0.25, 0.3) is 5.91 Å². The summed E-state index contributed by atoms with van der Waals surface area (Å²) >= 11 is 0. The van der Waals surface area contributed by atoms with E-state index in [-0.39, 0.29) is 23.2 Å².